The normalized spacial score (nSPS) is 10.2. The van der Waals surface area contributed by atoms with Crippen LogP contribution in [0.15, 0.2) is 66.7 Å². The van der Waals surface area contributed by atoms with Crippen LogP contribution in [0.1, 0.15) is 43.7 Å². The molecule has 3 nitrogen and oxygen atoms in total. The fourth-order valence-corrected chi connectivity index (χ4v) is 3.57. The largest absolute Gasteiger partial charge is 0.488 e. The van der Waals surface area contributed by atoms with Crippen molar-refractivity contribution in [3.8, 4) is 16.9 Å². The molecule has 0 spiro atoms. The number of nitrogens with zero attached hydrogens (tertiary/aromatic N) is 2. The summed E-state index contributed by atoms with van der Waals surface area (Å²) in [7, 11) is 0. The fraction of sp³-hybridized carbons (Fsp3) is 0.259. The van der Waals surface area contributed by atoms with E-state index < -0.39 is 0 Å². The van der Waals surface area contributed by atoms with E-state index in [0.717, 1.165) is 47.3 Å². The first-order valence-electron chi connectivity index (χ1n) is 10.5. The van der Waals surface area contributed by atoms with Crippen LogP contribution in [0.4, 0.5) is 11.4 Å². The van der Waals surface area contributed by atoms with Gasteiger partial charge < -0.3 is 4.74 Å². The quantitative estimate of drug-likeness (QED) is 0.264. The molecule has 0 heterocycles. The van der Waals surface area contributed by atoms with E-state index in [4.69, 9.17) is 17.9 Å². The molecule has 3 rings (SSSR count). The van der Waals surface area contributed by atoms with Crippen molar-refractivity contribution in [2.24, 2.45) is 0 Å². The van der Waals surface area contributed by atoms with Crippen molar-refractivity contribution < 1.29 is 4.74 Å². The van der Waals surface area contributed by atoms with Crippen LogP contribution in [0.3, 0.4) is 0 Å². The van der Waals surface area contributed by atoms with E-state index in [1.165, 1.54) is 12.8 Å². The topological polar surface area (TPSA) is 17.9 Å². The number of hydrogen-bond donors (Lipinski definition) is 0. The zero-order chi connectivity index (χ0) is 21.2. The van der Waals surface area contributed by atoms with Crippen molar-refractivity contribution in [1.29, 1.82) is 0 Å². The first-order chi connectivity index (χ1) is 14.8. The molecule has 0 bridgehead atoms. The number of unbranched alkanes of at least 4 members (excludes halogenated alkanes) is 3. The third-order valence-electron chi connectivity index (χ3n) is 5.17. The zero-order valence-corrected chi connectivity index (χ0v) is 17.4. The highest BCUT2D eigenvalue weighted by Gasteiger charge is 2.17. The molecule has 30 heavy (non-hydrogen) atoms. The Morgan fingerprint density at radius 2 is 1.47 bits per heavy atom. The minimum Gasteiger partial charge on any atom is -0.488 e. The molecule has 3 aromatic rings. The molecule has 0 amide bonds. The molecule has 3 heteroatoms. The van der Waals surface area contributed by atoms with Crippen molar-refractivity contribution in [3.05, 3.63) is 101 Å². The summed E-state index contributed by atoms with van der Waals surface area (Å²) in [6, 6.07) is 21.7. The molecular weight excluding hydrogens is 368 g/mol. The lowest BCUT2D eigenvalue weighted by atomic mass is 9.96. The van der Waals surface area contributed by atoms with Gasteiger partial charge in [-0.15, -0.1) is 0 Å². The molecule has 0 saturated heterocycles. The first kappa shape index (κ1) is 21.2. The molecule has 0 radical (unpaired) electrons. The van der Waals surface area contributed by atoms with Gasteiger partial charge in [0.05, 0.1) is 13.1 Å². The summed E-state index contributed by atoms with van der Waals surface area (Å²) in [5.74, 6) is 0.720. The Bertz CT molecular complexity index is 1060. The van der Waals surface area contributed by atoms with Gasteiger partial charge >= 0.3 is 0 Å². The maximum absolute atomic E-state index is 7.77. The van der Waals surface area contributed by atoms with Crippen molar-refractivity contribution in [2.75, 3.05) is 0 Å². The molecule has 150 valence electrons. The molecular formula is C27H26N2O. The number of rotatable bonds is 9. The van der Waals surface area contributed by atoms with Gasteiger partial charge in [0.15, 0.2) is 5.69 Å². The fourth-order valence-electron chi connectivity index (χ4n) is 3.57. The highest BCUT2D eigenvalue weighted by atomic mass is 16.5. The second-order valence-corrected chi connectivity index (χ2v) is 7.27. The summed E-state index contributed by atoms with van der Waals surface area (Å²) in [5, 5.41) is 0. The summed E-state index contributed by atoms with van der Waals surface area (Å²) in [5.41, 5.74) is 4.57. The van der Waals surface area contributed by atoms with Gasteiger partial charge in [-0.1, -0.05) is 98.8 Å². The number of benzene rings is 3. The highest BCUT2D eigenvalue weighted by Crippen LogP contribution is 2.44. The van der Waals surface area contributed by atoms with Gasteiger partial charge in [0.1, 0.15) is 12.4 Å². The Morgan fingerprint density at radius 3 is 2.20 bits per heavy atom. The van der Waals surface area contributed by atoms with Crippen LogP contribution in [0, 0.1) is 13.1 Å². The van der Waals surface area contributed by atoms with Gasteiger partial charge in [0.25, 0.3) is 0 Å². The minimum absolute atomic E-state index is 0.425. The average Bonchev–Trinajstić information content (AvgIpc) is 2.80. The van der Waals surface area contributed by atoms with Gasteiger partial charge in [-0.3, -0.25) is 0 Å². The second-order valence-electron chi connectivity index (χ2n) is 7.27. The highest BCUT2D eigenvalue weighted by molar-refractivity contribution is 5.91. The van der Waals surface area contributed by atoms with Crippen molar-refractivity contribution in [3.63, 3.8) is 0 Å². The molecule has 0 aliphatic rings. The SMILES string of the molecule is [C-]#[N+]c1c(CCCCCC)ccc(-c2ccccc2OCc2ccccc2)c1[N+]#[C-]. The Morgan fingerprint density at radius 1 is 0.733 bits per heavy atom. The van der Waals surface area contributed by atoms with Crippen LogP contribution in [-0.2, 0) is 13.0 Å². The molecule has 0 N–H and O–H groups in total. The molecule has 0 atom stereocenters. The maximum Gasteiger partial charge on any atom is 0.202 e. The van der Waals surface area contributed by atoms with Crippen LogP contribution in [-0.4, -0.2) is 0 Å². The number of ether oxygens (including phenoxy) is 1. The Balaban J connectivity index is 1.92. The van der Waals surface area contributed by atoms with E-state index in [9.17, 15) is 0 Å². The van der Waals surface area contributed by atoms with Gasteiger partial charge in [-0.05, 0) is 23.6 Å². The summed E-state index contributed by atoms with van der Waals surface area (Å²) in [4.78, 5) is 7.51. The predicted molar refractivity (Wildman–Crippen MR) is 123 cm³/mol. The lowest BCUT2D eigenvalue weighted by Gasteiger charge is -2.15. The van der Waals surface area contributed by atoms with E-state index in [1.807, 2.05) is 66.7 Å². The van der Waals surface area contributed by atoms with E-state index in [0.29, 0.717) is 18.0 Å². The molecule has 0 fully saturated rings. The summed E-state index contributed by atoms with van der Waals surface area (Å²) >= 11 is 0. The van der Waals surface area contributed by atoms with Gasteiger partial charge in [0.2, 0.25) is 5.69 Å². The number of para-hydroxylation sites is 1. The Labute approximate surface area is 179 Å². The minimum atomic E-state index is 0.425. The van der Waals surface area contributed by atoms with Crippen LogP contribution in [0.25, 0.3) is 20.8 Å². The van der Waals surface area contributed by atoms with Crippen LogP contribution in [0.2, 0.25) is 0 Å². The monoisotopic (exact) mass is 394 g/mol. The molecule has 0 saturated carbocycles. The summed E-state index contributed by atoms with van der Waals surface area (Å²) in [6.07, 6.45) is 5.42. The van der Waals surface area contributed by atoms with Crippen LogP contribution >= 0.6 is 0 Å². The summed E-state index contributed by atoms with van der Waals surface area (Å²) in [6.45, 7) is 18.1. The standard InChI is InChI=1S/C27H26N2O/c1-4-5-6-10-15-22-18-19-24(27(29-3)26(22)28-2)23-16-11-12-17-25(23)30-20-21-13-8-7-9-14-21/h7-9,11-14,16-19H,4-6,10,15,20H2,1H3. The third kappa shape index (κ3) is 5.07. The van der Waals surface area contributed by atoms with Crippen molar-refractivity contribution in [1.82, 2.24) is 0 Å². The lowest BCUT2D eigenvalue weighted by molar-refractivity contribution is 0.307. The smallest absolute Gasteiger partial charge is 0.202 e. The zero-order valence-electron chi connectivity index (χ0n) is 17.4. The number of hydrogen-bond acceptors (Lipinski definition) is 1. The molecule has 0 aromatic heterocycles. The number of aryl methyl sites for hydroxylation is 1. The summed E-state index contributed by atoms with van der Waals surface area (Å²) < 4.78 is 6.09. The predicted octanol–water partition coefficient (Wildman–Crippen LogP) is 8.16. The van der Waals surface area contributed by atoms with Crippen LogP contribution in [0.5, 0.6) is 5.75 Å². The van der Waals surface area contributed by atoms with Gasteiger partial charge in [-0.25, -0.2) is 9.69 Å². The van der Waals surface area contributed by atoms with Gasteiger partial charge in [0, 0.05) is 5.56 Å². The van der Waals surface area contributed by atoms with E-state index >= 15 is 0 Å². The molecule has 0 aliphatic carbocycles. The molecule has 0 unspecified atom stereocenters. The van der Waals surface area contributed by atoms with Gasteiger partial charge in [-0.2, -0.15) is 0 Å². The molecule has 0 aliphatic heterocycles. The Hall–Kier alpha value is -3.56. The van der Waals surface area contributed by atoms with Crippen molar-refractivity contribution in [2.45, 2.75) is 45.6 Å². The van der Waals surface area contributed by atoms with E-state index in [1.54, 1.807) is 0 Å². The Kier molecular flexibility index (Phi) is 7.64. The van der Waals surface area contributed by atoms with Crippen molar-refractivity contribution >= 4 is 11.4 Å². The second kappa shape index (κ2) is 10.8. The van der Waals surface area contributed by atoms with Crippen LogP contribution < -0.4 is 4.74 Å². The first-order valence-corrected chi connectivity index (χ1v) is 10.5. The maximum atomic E-state index is 7.77. The lowest BCUT2D eigenvalue weighted by Crippen LogP contribution is -1.97. The van der Waals surface area contributed by atoms with E-state index in [2.05, 4.69) is 16.6 Å². The average molecular weight is 395 g/mol. The third-order valence-corrected chi connectivity index (χ3v) is 5.17. The van der Waals surface area contributed by atoms with E-state index in [-0.39, 0.29) is 0 Å². The molecule has 3 aromatic carbocycles.